The zero-order chi connectivity index (χ0) is 22.5. The SMILES string of the molecule is C=CCNC(=O)c1cc(-c2csc(-c3ccc(C)nc3)n2)n(CCC2=CCCCC2)c1C. The first-order chi connectivity index (χ1) is 15.6. The fourth-order valence-electron chi connectivity index (χ4n) is 4.14. The molecular formula is C26H30N4OS. The highest BCUT2D eigenvalue weighted by Gasteiger charge is 2.20. The van der Waals surface area contributed by atoms with Crippen molar-refractivity contribution in [3.63, 3.8) is 0 Å². The van der Waals surface area contributed by atoms with E-state index in [0.29, 0.717) is 12.1 Å². The van der Waals surface area contributed by atoms with E-state index in [1.54, 1.807) is 17.4 Å². The third-order valence-corrected chi connectivity index (χ3v) is 6.88. The van der Waals surface area contributed by atoms with Gasteiger partial charge in [-0.25, -0.2) is 4.98 Å². The van der Waals surface area contributed by atoms with Gasteiger partial charge in [-0.05, 0) is 64.2 Å². The van der Waals surface area contributed by atoms with Crippen LogP contribution < -0.4 is 5.32 Å². The molecule has 1 aliphatic carbocycles. The Morgan fingerprint density at radius 3 is 2.91 bits per heavy atom. The summed E-state index contributed by atoms with van der Waals surface area (Å²) in [4.78, 5) is 22.1. The maximum absolute atomic E-state index is 12.8. The Morgan fingerprint density at radius 2 is 2.19 bits per heavy atom. The molecule has 0 aromatic carbocycles. The van der Waals surface area contributed by atoms with E-state index in [9.17, 15) is 4.79 Å². The summed E-state index contributed by atoms with van der Waals surface area (Å²) in [5.74, 6) is -0.0718. The number of nitrogens with zero attached hydrogens (tertiary/aromatic N) is 3. The van der Waals surface area contributed by atoms with Crippen LogP contribution >= 0.6 is 11.3 Å². The first-order valence-corrected chi connectivity index (χ1v) is 12.1. The predicted molar refractivity (Wildman–Crippen MR) is 132 cm³/mol. The predicted octanol–water partition coefficient (Wildman–Crippen LogP) is 6.10. The van der Waals surface area contributed by atoms with E-state index in [0.717, 1.165) is 46.3 Å². The van der Waals surface area contributed by atoms with Gasteiger partial charge in [-0.15, -0.1) is 17.9 Å². The van der Waals surface area contributed by atoms with Gasteiger partial charge in [0, 0.05) is 41.6 Å². The van der Waals surface area contributed by atoms with Gasteiger partial charge in [0.1, 0.15) is 5.01 Å². The van der Waals surface area contributed by atoms with Crippen LogP contribution in [0.15, 0.2) is 54.1 Å². The fraction of sp³-hybridized carbons (Fsp3) is 0.346. The first kappa shape index (κ1) is 22.2. The Kier molecular flexibility index (Phi) is 7.00. The number of aromatic nitrogens is 3. The fourth-order valence-corrected chi connectivity index (χ4v) is 4.95. The Balaban J connectivity index is 1.67. The average molecular weight is 447 g/mol. The van der Waals surface area contributed by atoms with Crippen LogP contribution in [0.2, 0.25) is 0 Å². The Labute approximate surface area is 193 Å². The number of hydrogen-bond donors (Lipinski definition) is 1. The number of carbonyl (C=O) groups is 1. The number of hydrogen-bond acceptors (Lipinski definition) is 4. The minimum Gasteiger partial charge on any atom is -0.349 e. The molecule has 0 bridgehead atoms. The molecule has 0 atom stereocenters. The van der Waals surface area contributed by atoms with Crippen molar-refractivity contribution in [1.82, 2.24) is 19.9 Å². The second-order valence-corrected chi connectivity index (χ2v) is 9.12. The van der Waals surface area contributed by atoms with Crippen LogP contribution in [-0.2, 0) is 6.54 Å². The molecule has 32 heavy (non-hydrogen) atoms. The third kappa shape index (κ3) is 4.91. The van der Waals surface area contributed by atoms with Gasteiger partial charge in [0.25, 0.3) is 5.91 Å². The van der Waals surface area contributed by atoms with Crippen LogP contribution in [0, 0.1) is 13.8 Å². The molecule has 0 saturated carbocycles. The van der Waals surface area contributed by atoms with Crippen molar-refractivity contribution < 1.29 is 4.79 Å². The van der Waals surface area contributed by atoms with Gasteiger partial charge in [-0.1, -0.05) is 17.7 Å². The maximum Gasteiger partial charge on any atom is 0.253 e. The Morgan fingerprint density at radius 1 is 1.31 bits per heavy atom. The topological polar surface area (TPSA) is 59.8 Å². The van der Waals surface area contributed by atoms with Gasteiger partial charge in [0.2, 0.25) is 0 Å². The van der Waals surface area contributed by atoms with Crippen LogP contribution in [0.5, 0.6) is 0 Å². The molecule has 1 amide bonds. The Hall–Kier alpha value is -2.99. The van der Waals surface area contributed by atoms with Crippen LogP contribution in [0.1, 0.15) is 53.8 Å². The minimum absolute atomic E-state index is 0.0718. The molecule has 1 N–H and O–H groups in total. The lowest BCUT2D eigenvalue weighted by Crippen LogP contribution is -2.23. The standard InChI is InChI=1S/C26H30N4OS/c1-4-13-27-25(31)22-15-24(30(19(22)3)14-12-20-8-6-5-7-9-20)23-17-32-26(29-23)21-11-10-18(2)28-16-21/h4,8,10-11,15-17H,1,5-7,9,12-14H2,2-3H3,(H,27,31). The van der Waals surface area contributed by atoms with Crippen LogP contribution in [-0.4, -0.2) is 27.0 Å². The largest absolute Gasteiger partial charge is 0.349 e. The molecule has 3 aromatic heterocycles. The number of carbonyl (C=O) groups excluding carboxylic acids is 1. The van der Waals surface area contributed by atoms with Crippen LogP contribution in [0.25, 0.3) is 22.0 Å². The van der Waals surface area contributed by atoms with E-state index in [2.05, 4.69) is 39.0 Å². The van der Waals surface area contributed by atoms with Gasteiger partial charge in [-0.3, -0.25) is 9.78 Å². The highest BCUT2D eigenvalue weighted by atomic mass is 32.1. The zero-order valence-electron chi connectivity index (χ0n) is 18.9. The summed E-state index contributed by atoms with van der Waals surface area (Å²) in [6.07, 6.45) is 11.9. The van der Waals surface area contributed by atoms with E-state index >= 15 is 0 Å². The molecule has 4 rings (SSSR count). The second-order valence-electron chi connectivity index (χ2n) is 8.26. The van der Waals surface area contributed by atoms with Gasteiger partial charge in [0.15, 0.2) is 0 Å². The zero-order valence-corrected chi connectivity index (χ0v) is 19.7. The highest BCUT2D eigenvalue weighted by molar-refractivity contribution is 7.13. The molecule has 0 saturated heterocycles. The van der Waals surface area contributed by atoms with E-state index in [4.69, 9.17) is 4.98 Å². The monoisotopic (exact) mass is 446 g/mol. The van der Waals surface area contributed by atoms with E-state index in [1.807, 2.05) is 32.2 Å². The average Bonchev–Trinajstić information content (AvgIpc) is 3.42. The molecule has 0 fully saturated rings. The smallest absolute Gasteiger partial charge is 0.253 e. The summed E-state index contributed by atoms with van der Waals surface area (Å²) in [5.41, 5.74) is 7.09. The normalized spacial score (nSPS) is 13.6. The molecule has 0 radical (unpaired) electrons. The number of amides is 1. The molecule has 166 valence electrons. The molecule has 3 aromatic rings. The number of rotatable bonds is 8. The quantitative estimate of drug-likeness (QED) is 0.426. The molecule has 0 unspecified atom stereocenters. The first-order valence-electron chi connectivity index (χ1n) is 11.2. The van der Waals surface area contributed by atoms with Crippen molar-refractivity contribution in [3.05, 3.63) is 71.0 Å². The lowest BCUT2D eigenvalue weighted by molar-refractivity contribution is 0.0957. The molecule has 3 heterocycles. The molecule has 0 aliphatic heterocycles. The van der Waals surface area contributed by atoms with E-state index < -0.39 is 0 Å². The summed E-state index contributed by atoms with van der Waals surface area (Å²) >= 11 is 1.61. The molecule has 0 spiro atoms. The number of thiazole rings is 1. The van der Waals surface area contributed by atoms with Gasteiger partial charge in [0.05, 0.1) is 17.0 Å². The number of aryl methyl sites for hydroxylation is 1. The third-order valence-electron chi connectivity index (χ3n) is 5.98. The molecule has 5 nitrogen and oxygen atoms in total. The van der Waals surface area contributed by atoms with E-state index in [1.165, 1.54) is 31.3 Å². The van der Waals surface area contributed by atoms with Crippen molar-refractivity contribution in [2.75, 3.05) is 6.54 Å². The van der Waals surface area contributed by atoms with Gasteiger partial charge < -0.3 is 9.88 Å². The van der Waals surface area contributed by atoms with Crippen LogP contribution in [0.4, 0.5) is 0 Å². The summed E-state index contributed by atoms with van der Waals surface area (Å²) in [5, 5.41) is 5.93. The summed E-state index contributed by atoms with van der Waals surface area (Å²) in [6, 6.07) is 6.04. The maximum atomic E-state index is 12.8. The minimum atomic E-state index is -0.0718. The van der Waals surface area contributed by atoms with Crippen molar-refractivity contribution in [1.29, 1.82) is 0 Å². The van der Waals surface area contributed by atoms with Crippen molar-refractivity contribution in [2.24, 2.45) is 0 Å². The van der Waals surface area contributed by atoms with Crippen LogP contribution in [0.3, 0.4) is 0 Å². The molecule has 6 heteroatoms. The lowest BCUT2D eigenvalue weighted by Gasteiger charge is -2.15. The lowest BCUT2D eigenvalue weighted by atomic mass is 9.97. The summed E-state index contributed by atoms with van der Waals surface area (Å²) in [6.45, 7) is 9.00. The molecular weight excluding hydrogens is 416 g/mol. The van der Waals surface area contributed by atoms with Crippen molar-refractivity contribution >= 4 is 17.2 Å². The summed E-state index contributed by atoms with van der Waals surface area (Å²) in [7, 11) is 0. The number of allylic oxidation sites excluding steroid dienone is 2. The van der Waals surface area contributed by atoms with Crippen molar-refractivity contribution in [3.8, 4) is 22.0 Å². The number of nitrogens with one attached hydrogen (secondary N) is 1. The highest BCUT2D eigenvalue weighted by Crippen LogP contribution is 2.32. The van der Waals surface area contributed by atoms with Gasteiger partial charge >= 0.3 is 0 Å². The number of pyridine rings is 1. The summed E-state index contributed by atoms with van der Waals surface area (Å²) < 4.78 is 2.25. The van der Waals surface area contributed by atoms with Crippen molar-refractivity contribution in [2.45, 2.75) is 52.5 Å². The van der Waals surface area contributed by atoms with E-state index in [-0.39, 0.29) is 5.91 Å². The van der Waals surface area contributed by atoms with Gasteiger partial charge in [-0.2, -0.15) is 0 Å². The molecule has 1 aliphatic rings. The second kappa shape index (κ2) is 10.1. The Bertz CT molecular complexity index is 1140.